The van der Waals surface area contributed by atoms with Crippen LogP contribution in [0.2, 0.25) is 0 Å². The molecule has 0 aliphatic heterocycles. The highest BCUT2D eigenvalue weighted by Crippen LogP contribution is 2.03. The second kappa shape index (κ2) is 6.76. The fourth-order valence-corrected chi connectivity index (χ4v) is 0.991. The Morgan fingerprint density at radius 1 is 1.53 bits per heavy atom. The van der Waals surface area contributed by atoms with Crippen molar-refractivity contribution in [2.75, 3.05) is 26.8 Å². The summed E-state index contributed by atoms with van der Waals surface area (Å²) in [6.07, 6.45) is 0.188. The third-order valence-electron chi connectivity index (χ3n) is 1.82. The average molecular weight is 219 g/mol. The molecular formula is C10H21NO4. The lowest BCUT2D eigenvalue weighted by molar-refractivity contribution is -0.159. The number of rotatable bonds is 7. The van der Waals surface area contributed by atoms with Crippen molar-refractivity contribution in [3.8, 4) is 0 Å². The Labute approximate surface area is 90.8 Å². The summed E-state index contributed by atoms with van der Waals surface area (Å²) in [5.74, 6) is -0.639. The van der Waals surface area contributed by atoms with Crippen LogP contribution in [0, 0.1) is 0 Å². The minimum absolute atomic E-state index is 0.154. The molecular weight excluding hydrogens is 198 g/mol. The van der Waals surface area contributed by atoms with E-state index in [-0.39, 0.29) is 12.6 Å². The summed E-state index contributed by atoms with van der Waals surface area (Å²) in [4.78, 5) is 11.1. The van der Waals surface area contributed by atoms with Crippen LogP contribution in [0.25, 0.3) is 0 Å². The van der Waals surface area contributed by atoms with Gasteiger partial charge < -0.3 is 19.9 Å². The molecule has 5 heteroatoms. The number of esters is 1. The van der Waals surface area contributed by atoms with Crippen LogP contribution >= 0.6 is 0 Å². The number of methoxy groups -OCH3 is 1. The van der Waals surface area contributed by atoms with Crippen LogP contribution in [-0.4, -0.2) is 49.6 Å². The van der Waals surface area contributed by atoms with Crippen molar-refractivity contribution in [3.63, 3.8) is 0 Å². The molecule has 0 saturated carbocycles. The van der Waals surface area contributed by atoms with Gasteiger partial charge >= 0.3 is 5.97 Å². The Balaban J connectivity index is 3.62. The van der Waals surface area contributed by atoms with Crippen molar-refractivity contribution in [1.82, 2.24) is 5.32 Å². The molecule has 2 N–H and O–H groups in total. The number of ether oxygens (including phenoxy) is 2. The minimum Gasteiger partial charge on any atom is -0.467 e. The molecule has 0 saturated heterocycles. The highest BCUT2D eigenvalue weighted by Gasteiger charge is 2.30. The number of carbonyl (C=O) groups excluding carboxylic acids is 1. The SMILES string of the molecule is COC(=O)C(C)(O)CNCCOC(C)C. The first-order valence-corrected chi connectivity index (χ1v) is 5.03. The van der Waals surface area contributed by atoms with E-state index < -0.39 is 11.6 Å². The molecule has 0 bridgehead atoms. The topological polar surface area (TPSA) is 67.8 Å². The number of aliphatic hydroxyl groups is 1. The molecule has 0 aliphatic carbocycles. The number of carbonyl (C=O) groups is 1. The molecule has 1 atom stereocenters. The van der Waals surface area contributed by atoms with E-state index in [1.165, 1.54) is 14.0 Å². The van der Waals surface area contributed by atoms with Crippen LogP contribution in [-0.2, 0) is 14.3 Å². The van der Waals surface area contributed by atoms with Crippen LogP contribution in [0.15, 0.2) is 0 Å². The molecule has 0 aliphatic rings. The van der Waals surface area contributed by atoms with E-state index in [9.17, 15) is 9.90 Å². The Morgan fingerprint density at radius 3 is 2.60 bits per heavy atom. The number of hydrogen-bond donors (Lipinski definition) is 2. The highest BCUT2D eigenvalue weighted by molar-refractivity contribution is 5.78. The molecule has 0 aromatic carbocycles. The van der Waals surface area contributed by atoms with E-state index in [1.807, 2.05) is 13.8 Å². The van der Waals surface area contributed by atoms with Crippen LogP contribution in [0.4, 0.5) is 0 Å². The van der Waals surface area contributed by atoms with Crippen LogP contribution < -0.4 is 5.32 Å². The quantitative estimate of drug-likeness (QED) is 0.463. The molecule has 0 aromatic rings. The largest absolute Gasteiger partial charge is 0.467 e. The smallest absolute Gasteiger partial charge is 0.338 e. The summed E-state index contributed by atoms with van der Waals surface area (Å²) < 4.78 is 9.73. The predicted octanol–water partition coefficient (Wildman–Crippen LogP) is -0.0750. The maximum absolute atomic E-state index is 11.1. The second-order valence-corrected chi connectivity index (χ2v) is 3.86. The molecule has 15 heavy (non-hydrogen) atoms. The molecule has 0 fully saturated rings. The number of hydrogen-bond acceptors (Lipinski definition) is 5. The highest BCUT2D eigenvalue weighted by atomic mass is 16.5. The summed E-state index contributed by atoms with van der Waals surface area (Å²) in [6.45, 7) is 6.60. The van der Waals surface area contributed by atoms with E-state index >= 15 is 0 Å². The van der Waals surface area contributed by atoms with E-state index in [1.54, 1.807) is 0 Å². The van der Waals surface area contributed by atoms with Crippen molar-refractivity contribution in [1.29, 1.82) is 0 Å². The first-order valence-electron chi connectivity index (χ1n) is 5.03. The predicted molar refractivity (Wildman–Crippen MR) is 56.6 cm³/mol. The Morgan fingerprint density at radius 2 is 2.13 bits per heavy atom. The van der Waals surface area contributed by atoms with Crippen molar-refractivity contribution in [3.05, 3.63) is 0 Å². The monoisotopic (exact) mass is 219 g/mol. The Kier molecular flexibility index (Phi) is 6.47. The summed E-state index contributed by atoms with van der Waals surface area (Å²) in [7, 11) is 1.25. The average Bonchev–Trinajstić information content (AvgIpc) is 2.15. The van der Waals surface area contributed by atoms with E-state index in [2.05, 4.69) is 10.1 Å². The third-order valence-corrected chi connectivity index (χ3v) is 1.82. The number of nitrogens with one attached hydrogen (secondary N) is 1. The summed E-state index contributed by atoms with van der Waals surface area (Å²) in [5.41, 5.74) is -1.48. The standard InChI is InChI=1S/C10H21NO4/c1-8(2)15-6-5-11-7-10(3,13)9(12)14-4/h8,11,13H,5-7H2,1-4H3. The zero-order valence-electron chi connectivity index (χ0n) is 9.87. The maximum Gasteiger partial charge on any atom is 0.338 e. The summed E-state index contributed by atoms with van der Waals surface area (Å²) >= 11 is 0. The fourth-order valence-electron chi connectivity index (χ4n) is 0.991. The van der Waals surface area contributed by atoms with Gasteiger partial charge in [-0.15, -0.1) is 0 Å². The van der Waals surface area contributed by atoms with Gasteiger partial charge in [0.15, 0.2) is 5.60 Å². The summed E-state index contributed by atoms with van der Waals surface area (Å²) in [6, 6.07) is 0. The minimum atomic E-state index is -1.48. The van der Waals surface area contributed by atoms with Gasteiger partial charge in [0, 0.05) is 13.1 Å². The molecule has 5 nitrogen and oxygen atoms in total. The Hall–Kier alpha value is -0.650. The van der Waals surface area contributed by atoms with Crippen molar-refractivity contribution < 1.29 is 19.4 Å². The normalized spacial score (nSPS) is 15.1. The molecule has 1 unspecified atom stereocenters. The van der Waals surface area contributed by atoms with E-state index in [4.69, 9.17) is 4.74 Å². The zero-order valence-corrected chi connectivity index (χ0v) is 9.87. The molecule has 90 valence electrons. The molecule has 0 radical (unpaired) electrons. The van der Waals surface area contributed by atoms with Crippen LogP contribution in [0.5, 0.6) is 0 Å². The zero-order chi connectivity index (χ0) is 11.9. The van der Waals surface area contributed by atoms with Gasteiger partial charge in [0.05, 0.1) is 19.8 Å². The van der Waals surface area contributed by atoms with Crippen molar-refractivity contribution in [2.45, 2.75) is 32.5 Å². The maximum atomic E-state index is 11.1. The second-order valence-electron chi connectivity index (χ2n) is 3.86. The van der Waals surface area contributed by atoms with Gasteiger partial charge in [-0.1, -0.05) is 0 Å². The first kappa shape index (κ1) is 14.3. The van der Waals surface area contributed by atoms with Gasteiger partial charge in [0.25, 0.3) is 0 Å². The molecule has 0 heterocycles. The van der Waals surface area contributed by atoms with Crippen LogP contribution in [0.3, 0.4) is 0 Å². The van der Waals surface area contributed by atoms with Gasteiger partial charge in [0.2, 0.25) is 0 Å². The lowest BCUT2D eigenvalue weighted by Gasteiger charge is -2.20. The molecule has 0 rings (SSSR count). The Bertz CT molecular complexity index is 192. The van der Waals surface area contributed by atoms with Gasteiger partial charge in [-0.2, -0.15) is 0 Å². The van der Waals surface area contributed by atoms with E-state index in [0.29, 0.717) is 13.2 Å². The van der Waals surface area contributed by atoms with Crippen LogP contribution in [0.1, 0.15) is 20.8 Å². The van der Waals surface area contributed by atoms with Gasteiger partial charge in [-0.3, -0.25) is 0 Å². The lowest BCUT2D eigenvalue weighted by atomic mass is 10.1. The third kappa shape index (κ3) is 6.43. The fraction of sp³-hybridized carbons (Fsp3) is 0.900. The van der Waals surface area contributed by atoms with Crippen molar-refractivity contribution >= 4 is 5.97 Å². The van der Waals surface area contributed by atoms with Gasteiger partial charge in [0.1, 0.15) is 0 Å². The summed E-state index contributed by atoms with van der Waals surface area (Å²) in [5, 5.41) is 12.5. The van der Waals surface area contributed by atoms with Gasteiger partial charge in [-0.25, -0.2) is 4.79 Å². The lowest BCUT2D eigenvalue weighted by Crippen LogP contribution is -2.46. The van der Waals surface area contributed by atoms with Gasteiger partial charge in [-0.05, 0) is 20.8 Å². The van der Waals surface area contributed by atoms with Crippen molar-refractivity contribution in [2.24, 2.45) is 0 Å². The molecule has 0 aromatic heterocycles. The molecule has 0 spiro atoms. The van der Waals surface area contributed by atoms with E-state index in [0.717, 1.165) is 0 Å². The molecule has 0 amide bonds. The first-order chi connectivity index (χ1) is 6.90.